The lowest BCUT2D eigenvalue weighted by atomic mass is 10.3. The smallest absolute Gasteiger partial charge is 0.357 e. The molecular weight excluding hydrogens is 236 g/mol. The summed E-state index contributed by atoms with van der Waals surface area (Å²) >= 11 is 1.53. The van der Waals surface area contributed by atoms with Crippen molar-refractivity contribution in [1.82, 2.24) is 4.98 Å². The number of hydrogen-bond donors (Lipinski definition) is 0. The summed E-state index contributed by atoms with van der Waals surface area (Å²) in [5.74, 6) is -0.348. The maximum atomic E-state index is 11.4. The van der Waals surface area contributed by atoms with Crippen LogP contribution in [0, 0.1) is 0 Å². The highest BCUT2D eigenvalue weighted by Crippen LogP contribution is 2.33. The molecule has 1 aliphatic rings. The number of ether oxygens (including phenoxy) is 1. The van der Waals surface area contributed by atoms with E-state index in [1.54, 1.807) is 5.38 Å². The summed E-state index contributed by atoms with van der Waals surface area (Å²) in [6, 6.07) is 0.637. The molecule has 0 N–H and O–H groups in total. The molecule has 0 saturated heterocycles. The van der Waals surface area contributed by atoms with Crippen molar-refractivity contribution < 1.29 is 9.53 Å². The zero-order chi connectivity index (χ0) is 12.3. The normalized spacial score (nSPS) is 14.7. The number of aromatic nitrogens is 1. The van der Waals surface area contributed by atoms with Gasteiger partial charge in [-0.1, -0.05) is 13.3 Å². The third-order valence-electron chi connectivity index (χ3n) is 2.87. The monoisotopic (exact) mass is 254 g/mol. The topological polar surface area (TPSA) is 42.4 Å². The van der Waals surface area contributed by atoms with Crippen molar-refractivity contribution in [2.24, 2.45) is 0 Å². The molecule has 0 amide bonds. The molecular formula is C12H18N2O2S. The summed E-state index contributed by atoms with van der Waals surface area (Å²) < 4.78 is 4.67. The lowest BCUT2D eigenvalue weighted by Crippen LogP contribution is -2.26. The molecule has 1 heterocycles. The maximum absolute atomic E-state index is 11.4. The fourth-order valence-corrected chi connectivity index (χ4v) is 2.64. The summed E-state index contributed by atoms with van der Waals surface area (Å²) in [6.07, 6.45) is 4.84. The van der Waals surface area contributed by atoms with E-state index in [-0.39, 0.29) is 5.97 Å². The first-order valence-corrected chi connectivity index (χ1v) is 6.94. The number of rotatable bonds is 6. The number of methoxy groups -OCH3 is 1. The van der Waals surface area contributed by atoms with Gasteiger partial charge in [0.2, 0.25) is 0 Å². The van der Waals surface area contributed by atoms with Gasteiger partial charge in [-0.15, -0.1) is 11.3 Å². The average Bonchev–Trinajstić information content (AvgIpc) is 3.06. The third-order valence-corrected chi connectivity index (χ3v) is 3.75. The average molecular weight is 254 g/mol. The van der Waals surface area contributed by atoms with Crippen LogP contribution in [0.15, 0.2) is 5.38 Å². The van der Waals surface area contributed by atoms with E-state index in [4.69, 9.17) is 0 Å². The Morgan fingerprint density at radius 2 is 2.41 bits per heavy atom. The molecule has 2 rings (SSSR count). The molecule has 1 fully saturated rings. The summed E-state index contributed by atoms with van der Waals surface area (Å²) in [5.41, 5.74) is 0.426. The van der Waals surface area contributed by atoms with Crippen LogP contribution in [0.4, 0.5) is 5.13 Å². The molecule has 1 aromatic rings. The van der Waals surface area contributed by atoms with Crippen LogP contribution in [0.2, 0.25) is 0 Å². The standard InChI is InChI=1S/C12H18N2O2S/c1-3-4-7-14(9-5-6-9)12-13-10(8-17-12)11(15)16-2/h8-9H,3-7H2,1-2H3. The Bertz CT molecular complexity index is 388. The molecule has 0 atom stereocenters. The predicted molar refractivity (Wildman–Crippen MR) is 68.7 cm³/mol. The van der Waals surface area contributed by atoms with Crippen molar-refractivity contribution in [3.05, 3.63) is 11.1 Å². The molecule has 4 nitrogen and oxygen atoms in total. The van der Waals surface area contributed by atoms with Crippen LogP contribution in [-0.4, -0.2) is 30.6 Å². The number of esters is 1. The molecule has 1 aliphatic carbocycles. The first-order chi connectivity index (χ1) is 8.26. The minimum absolute atomic E-state index is 0.348. The molecule has 0 spiro atoms. The molecule has 0 aromatic carbocycles. The van der Waals surface area contributed by atoms with E-state index in [1.165, 1.54) is 44.1 Å². The van der Waals surface area contributed by atoms with Crippen molar-refractivity contribution in [3.63, 3.8) is 0 Å². The summed E-state index contributed by atoms with van der Waals surface area (Å²) in [6.45, 7) is 3.22. The largest absolute Gasteiger partial charge is 0.464 e. The zero-order valence-corrected chi connectivity index (χ0v) is 11.1. The second-order valence-electron chi connectivity index (χ2n) is 4.29. The number of anilines is 1. The Balaban J connectivity index is 2.07. The summed E-state index contributed by atoms with van der Waals surface area (Å²) in [5, 5.41) is 2.74. The molecule has 0 radical (unpaired) electrons. The van der Waals surface area contributed by atoms with Crippen LogP contribution in [-0.2, 0) is 4.74 Å². The fourth-order valence-electron chi connectivity index (χ4n) is 1.74. The van der Waals surface area contributed by atoms with Crippen LogP contribution in [0.25, 0.3) is 0 Å². The Morgan fingerprint density at radius 3 is 3.00 bits per heavy atom. The van der Waals surface area contributed by atoms with E-state index < -0.39 is 0 Å². The Morgan fingerprint density at radius 1 is 1.65 bits per heavy atom. The van der Waals surface area contributed by atoms with Gasteiger partial charge in [-0.25, -0.2) is 9.78 Å². The molecule has 1 saturated carbocycles. The Kier molecular flexibility index (Phi) is 3.99. The second kappa shape index (κ2) is 5.49. The van der Waals surface area contributed by atoms with Gasteiger partial charge in [0, 0.05) is 18.0 Å². The minimum Gasteiger partial charge on any atom is -0.464 e. The molecule has 0 bridgehead atoms. The Labute approximate surface area is 106 Å². The van der Waals surface area contributed by atoms with Gasteiger partial charge in [-0.3, -0.25) is 0 Å². The van der Waals surface area contributed by atoms with Crippen LogP contribution < -0.4 is 4.90 Å². The number of nitrogens with zero attached hydrogens (tertiary/aromatic N) is 2. The van der Waals surface area contributed by atoms with Gasteiger partial charge in [0.1, 0.15) is 0 Å². The van der Waals surface area contributed by atoms with E-state index in [2.05, 4.69) is 21.5 Å². The van der Waals surface area contributed by atoms with Gasteiger partial charge in [0.25, 0.3) is 0 Å². The SMILES string of the molecule is CCCCN(c1nc(C(=O)OC)cs1)C1CC1. The van der Waals surface area contributed by atoms with Gasteiger partial charge in [-0.2, -0.15) is 0 Å². The predicted octanol–water partition coefficient (Wildman–Crippen LogP) is 2.70. The molecule has 17 heavy (non-hydrogen) atoms. The van der Waals surface area contributed by atoms with E-state index >= 15 is 0 Å². The quantitative estimate of drug-likeness (QED) is 0.732. The zero-order valence-electron chi connectivity index (χ0n) is 10.3. The Hall–Kier alpha value is -1.10. The number of carbonyl (C=O) groups excluding carboxylic acids is 1. The van der Waals surface area contributed by atoms with Crippen molar-refractivity contribution in [2.45, 2.75) is 38.6 Å². The number of carbonyl (C=O) groups is 1. The fraction of sp³-hybridized carbons (Fsp3) is 0.667. The lowest BCUT2D eigenvalue weighted by Gasteiger charge is -2.20. The van der Waals surface area contributed by atoms with Gasteiger partial charge in [0.05, 0.1) is 7.11 Å². The molecule has 0 unspecified atom stereocenters. The van der Waals surface area contributed by atoms with E-state index in [1.807, 2.05) is 0 Å². The highest BCUT2D eigenvalue weighted by molar-refractivity contribution is 7.13. The van der Waals surface area contributed by atoms with Crippen molar-refractivity contribution >= 4 is 22.4 Å². The first-order valence-electron chi connectivity index (χ1n) is 6.06. The van der Waals surface area contributed by atoms with Crippen LogP contribution in [0.1, 0.15) is 43.1 Å². The number of thiazole rings is 1. The van der Waals surface area contributed by atoms with E-state index in [0.29, 0.717) is 11.7 Å². The van der Waals surface area contributed by atoms with Crippen molar-refractivity contribution in [3.8, 4) is 0 Å². The molecule has 0 aliphatic heterocycles. The van der Waals surface area contributed by atoms with Gasteiger partial charge in [0.15, 0.2) is 10.8 Å². The first kappa shape index (κ1) is 12.4. The number of hydrogen-bond acceptors (Lipinski definition) is 5. The van der Waals surface area contributed by atoms with Gasteiger partial charge >= 0.3 is 5.97 Å². The number of unbranched alkanes of at least 4 members (excludes halogenated alkanes) is 1. The molecule has 1 aromatic heterocycles. The highest BCUT2D eigenvalue weighted by Gasteiger charge is 2.30. The summed E-state index contributed by atoms with van der Waals surface area (Å²) in [4.78, 5) is 18.1. The van der Waals surface area contributed by atoms with Gasteiger partial charge < -0.3 is 9.64 Å². The van der Waals surface area contributed by atoms with Crippen molar-refractivity contribution in [1.29, 1.82) is 0 Å². The lowest BCUT2D eigenvalue weighted by molar-refractivity contribution is 0.0595. The maximum Gasteiger partial charge on any atom is 0.357 e. The van der Waals surface area contributed by atoms with E-state index in [0.717, 1.165) is 11.7 Å². The van der Waals surface area contributed by atoms with E-state index in [9.17, 15) is 4.79 Å². The van der Waals surface area contributed by atoms with Crippen LogP contribution >= 0.6 is 11.3 Å². The van der Waals surface area contributed by atoms with Crippen molar-refractivity contribution in [2.75, 3.05) is 18.6 Å². The van der Waals surface area contributed by atoms with Gasteiger partial charge in [-0.05, 0) is 19.3 Å². The highest BCUT2D eigenvalue weighted by atomic mass is 32.1. The third kappa shape index (κ3) is 2.97. The van der Waals surface area contributed by atoms with Crippen LogP contribution in [0.3, 0.4) is 0 Å². The summed E-state index contributed by atoms with van der Waals surface area (Å²) in [7, 11) is 1.39. The molecule has 94 valence electrons. The second-order valence-corrected chi connectivity index (χ2v) is 5.12. The molecule has 5 heteroatoms. The van der Waals surface area contributed by atoms with Crippen LogP contribution in [0.5, 0.6) is 0 Å². The minimum atomic E-state index is -0.348.